The van der Waals surface area contributed by atoms with Gasteiger partial charge < -0.3 is 9.74 Å². The van der Waals surface area contributed by atoms with Crippen molar-refractivity contribution in [3.8, 4) is 0 Å². The number of hydrogen-bond donors (Lipinski definition) is 0. The Morgan fingerprint density at radius 1 is 0.815 bits per heavy atom. The topological polar surface area (TPSA) is 84.0 Å². The number of carbonyl (C=O) groups is 4. The van der Waals surface area contributed by atoms with Gasteiger partial charge >= 0.3 is 5.97 Å². The van der Waals surface area contributed by atoms with Gasteiger partial charge in [-0.15, -0.1) is 0 Å². The van der Waals surface area contributed by atoms with Crippen LogP contribution in [-0.2, 0) is 9.63 Å². The molecule has 27 heavy (non-hydrogen) atoms. The summed E-state index contributed by atoms with van der Waals surface area (Å²) in [4.78, 5) is 55.3. The van der Waals surface area contributed by atoms with E-state index in [0.717, 1.165) is 5.56 Å². The van der Waals surface area contributed by atoms with Gasteiger partial charge in [0, 0.05) is 23.4 Å². The molecule has 3 amide bonds. The fourth-order valence-corrected chi connectivity index (χ4v) is 3.17. The Morgan fingerprint density at radius 2 is 1.30 bits per heavy atom. The normalized spacial score (nSPS) is 15.3. The predicted octanol–water partition coefficient (Wildman–Crippen LogP) is 2.26. The molecule has 0 saturated heterocycles. The van der Waals surface area contributed by atoms with Gasteiger partial charge in [-0.25, -0.2) is 4.79 Å². The van der Waals surface area contributed by atoms with Crippen LogP contribution in [0.5, 0.6) is 0 Å². The number of hydrogen-bond acceptors (Lipinski definition) is 5. The summed E-state index contributed by atoms with van der Waals surface area (Å²) in [5.41, 5.74) is 2.12. The highest BCUT2D eigenvalue weighted by Gasteiger charge is 2.39. The van der Waals surface area contributed by atoms with E-state index in [4.69, 9.17) is 4.84 Å². The molecule has 2 heterocycles. The summed E-state index contributed by atoms with van der Waals surface area (Å²) in [5, 5.41) is 0.461. The van der Waals surface area contributed by atoms with Gasteiger partial charge in [0.05, 0.1) is 17.5 Å². The van der Waals surface area contributed by atoms with Gasteiger partial charge in [0.15, 0.2) is 0 Å². The standard InChI is InChI=1S/C20H14N2O5/c1-12-13-6-2-3-7-14(13)18(24)21(12)11-10-17(23)27-22-19(25)15-8-4-5-9-16(15)20(22)26/h2-9H,1,10-11H2. The van der Waals surface area contributed by atoms with Gasteiger partial charge in [0.2, 0.25) is 0 Å². The fourth-order valence-electron chi connectivity index (χ4n) is 3.17. The van der Waals surface area contributed by atoms with Crippen LogP contribution in [-0.4, -0.2) is 40.2 Å². The molecule has 0 saturated carbocycles. The summed E-state index contributed by atoms with van der Waals surface area (Å²) in [6.07, 6.45) is -0.188. The largest absolute Gasteiger partial charge is 0.335 e. The molecule has 7 nitrogen and oxygen atoms in total. The summed E-state index contributed by atoms with van der Waals surface area (Å²) in [6.45, 7) is 3.93. The van der Waals surface area contributed by atoms with Crippen LogP contribution in [0.2, 0.25) is 0 Å². The van der Waals surface area contributed by atoms with Crippen LogP contribution in [0.1, 0.15) is 43.1 Å². The lowest BCUT2D eigenvalue weighted by molar-refractivity contribution is -0.168. The van der Waals surface area contributed by atoms with Crippen LogP contribution in [0.3, 0.4) is 0 Å². The minimum atomic E-state index is -0.791. The Kier molecular flexibility index (Phi) is 3.84. The maximum absolute atomic E-state index is 12.4. The first-order valence-corrected chi connectivity index (χ1v) is 8.28. The molecule has 0 aliphatic carbocycles. The summed E-state index contributed by atoms with van der Waals surface area (Å²) in [7, 11) is 0. The molecule has 0 N–H and O–H groups in total. The third-order valence-corrected chi connectivity index (χ3v) is 4.53. The van der Waals surface area contributed by atoms with Gasteiger partial charge in [-0.1, -0.05) is 42.0 Å². The molecule has 0 atom stereocenters. The highest BCUT2D eigenvalue weighted by molar-refractivity contribution is 6.20. The molecule has 0 radical (unpaired) electrons. The van der Waals surface area contributed by atoms with E-state index >= 15 is 0 Å². The van der Waals surface area contributed by atoms with Crippen molar-refractivity contribution in [3.05, 3.63) is 77.4 Å². The zero-order chi connectivity index (χ0) is 19.1. The number of carbonyl (C=O) groups excluding carboxylic acids is 4. The third-order valence-electron chi connectivity index (χ3n) is 4.53. The molecule has 2 aromatic rings. The van der Waals surface area contributed by atoms with E-state index in [1.807, 2.05) is 0 Å². The lowest BCUT2D eigenvalue weighted by atomic mass is 10.1. The van der Waals surface area contributed by atoms with Crippen molar-refractivity contribution in [1.82, 2.24) is 9.96 Å². The fraction of sp³-hybridized carbons (Fsp3) is 0.100. The van der Waals surface area contributed by atoms with Crippen molar-refractivity contribution < 1.29 is 24.0 Å². The SMILES string of the molecule is C=C1c2ccccc2C(=O)N1CCC(=O)ON1C(=O)c2ccccc2C1=O. The first-order valence-electron chi connectivity index (χ1n) is 8.28. The molecule has 0 unspecified atom stereocenters. The van der Waals surface area contributed by atoms with Crippen molar-refractivity contribution in [3.63, 3.8) is 0 Å². The maximum Gasteiger partial charge on any atom is 0.335 e. The lowest BCUT2D eigenvalue weighted by Crippen LogP contribution is -2.34. The van der Waals surface area contributed by atoms with Crippen LogP contribution in [0.25, 0.3) is 5.70 Å². The number of imide groups is 1. The second-order valence-electron chi connectivity index (χ2n) is 6.11. The zero-order valence-corrected chi connectivity index (χ0v) is 14.2. The van der Waals surface area contributed by atoms with Gasteiger partial charge in [-0.2, -0.15) is 0 Å². The molecule has 0 bridgehead atoms. The van der Waals surface area contributed by atoms with E-state index in [1.165, 1.54) is 17.0 Å². The van der Waals surface area contributed by atoms with Gasteiger partial charge in [-0.3, -0.25) is 14.4 Å². The molecule has 0 spiro atoms. The molecule has 2 aliphatic rings. The Bertz CT molecular complexity index is 957. The molecule has 7 heteroatoms. The highest BCUT2D eigenvalue weighted by atomic mass is 16.7. The average molecular weight is 362 g/mol. The summed E-state index contributed by atoms with van der Waals surface area (Å²) >= 11 is 0. The number of nitrogens with zero attached hydrogens (tertiary/aromatic N) is 2. The summed E-state index contributed by atoms with van der Waals surface area (Å²) < 4.78 is 0. The number of rotatable bonds is 4. The zero-order valence-electron chi connectivity index (χ0n) is 14.2. The van der Waals surface area contributed by atoms with Crippen molar-refractivity contribution in [1.29, 1.82) is 0 Å². The number of amides is 3. The van der Waals surface area contributed by atoms with Crippen LogP contribution in [0.4, 0.5) is 0 Å². The second-order valence-corrected chi connectivity index (χ2v) is 6.11. The van der Waals surface area contributed by atoms with Crippen LogP contribution >= 0.6 is 0 Å². The van der Waals surface area contributed by atoms with E-state index in [0.29, 0.717) is 16.3 Å². The number of fused-ring (bicyclic) bond motifs is 2. The Labute approximate surface area is 154 Å². The lowest BCUT2D eigenvalue weighted by Gasteiger charge is -2.18. The van der Waals surface area contributed by atoms with Gasteiger partial charge in [0.1, 0.15) is 0 Å². The first-order chi connectivity index (χ1) is 13.0. The third kappa shape index (κ3) is 2.60. The Hall–Kier alpha value is -3.74. The van der Waals surface area contributed by atoms with Crippen molar-refractivity contribution in [2.24, 2.45) is 0 Å². The highest BCUT2D eigenvalue weighted by Crippen LogP contribution is 2.31. The van der Waals surface area contributed by atoms with E-state index < -0.39 is 17.8 Å². The Morgan fingerprint density at radius 3 is 1.81 bits per heavy atom. The van der Waals surface area contributed by atoms with E-state index in [9.17, 15) is 19.2 Å². The molecule has 0 fully saturated rings. The van der Waals surface area contributed by atoms with Gasteiger partial charge in [0.25, 0.3) is 17.7 Å². The second kappa shape index (κ2) is 6.21. The van der Waals surface area contributed by atoms with Crippen LogP contribution in [0.15, 0.2) is 55.1 Å². The molecular formula is C20H14N2O5. The molecule has 4 rings (SSSR count). The van der Waals surface area contributed by atoms with E-state index in [1.54, 1.807) is 36.4 Å². The summed E-state index contributed by atoms with van der Waals surface area (Å²) in [5.74, 6) is -2.40. The molecule has 2 aromatic carbocycles. The molecular weight excluding hydrogens is 348 g/mol. The predicted molar refractivity (Wildman–Crippen MR) is 94.2 cm³/mol. The first kappa shape index (κ1) is 16.7. The van der Waals surface area contributed by atoms with Gasteiger partial charge in [-0.05, 0) is 18.2 Å². The van der Waals surface area contributed by atoms with Crippen molar-refractivity contribution in [2.45, 2.75) is 6.42 Å². The molecule has 134 valence electrons. The van der Waals surface area contributed by atoms with Crippen molar-refractivity contribution in [2.75, 3.05) is 6.54 Å². The van der Waals surface area contributed by atoms with Crippen LogP contribution in [0, 0.1) is 0 Å². The number of benzene rings is 2. The smallest absolute Gasteiger partial charge is 0.330 e. The van der Waals surface area contributed by atoms with Crippen LogP contribution < -0.4 is 0 Å². The average Bonchev–Trinajstić information content (AvgIpc) is 3.07. The van der Waals surface area contributed by atoms with E-state index in [2.05, 4.69) is 6.58 Å². The van der Waals surface area contributed by atoms with E-state index in [-0.39, 0.29) is 30.0 Å². The summed E-state index contributed by atoms with van der Waals surface area (Å²) in [6, 6.07) is 13.3. The van der Waals surface area contributed by atoms with Crippen molar-refractivity contribution >= 4 is 29.4 Å². The molecule has 2 aliphatic heterocycles. The quantitative estimate of drug-likeness (QED) is 0.779. The monoisotopic (exact) mass is 362 g/mol. The molecule has 0 aromatic heterocycles. The minimum absolute atomic E-state index is 0.0361. The number of hydroxylamine groups is 2. The minimum Gasteiger partial charge on any atom is -0.330 e. The Balaban J connectivity index is 1.41. The maximum atomic E-state index is 12.4.